The molecule has 0 atom stereocenters. The summed E-state index contributed by atoms with van der Waals surface area (Å²) in [6, 6.07) is 12.1. The monoisotopic (exact) mass is 404 g/mol. The first-order chi connectivity index (χ1) is 13.4. The maximum atomic E-state index is 13.3. The predicted octanol–water partition coefficient (Wildman–Crippen LogP) is 5.24. The number of piperazine rings is 1. The van der Waals surface area contributed by atoms with Crippen LogP contribution >= 0.6 is 11.8 Å². The van der Waals surface area contributed by atoms with Gasteiger partial charge in [0.05, 0.1) is 5.56 Å². The first kappa shape index (κ1) is 19.6. The van der Waals surface area contributed by atoms with Crippen LogP contribution < -0.4 is 0 Å². The standard InChI is InChI=1S/C22H23F3N2S/c1-26-11-13-27(14-12-26)10-4-6-17-18-5-2-3-7-20(18)28-21-9-8-16(15-19(17)21)22(23,24)25/h2-3,5-9,15H,4,10-14H2,1H3/b17-6+. The number of nitrogens with zero attached hydrogens (tertiary/aromatic N) is 2. The summed E-state index contributed by atoms with van der Waals surface area (Å²) < 4.78 is 39.8. The number of hydrogen-bond donors (Lipinski definition) is 0. The molecule has 0 amide bonds. The van der Waals surface area contributed by atoms with Crippen LogP contribution in [0.4, 0.5) is 13.2 Å². The highest BCUT2D eigenvalue weighted by molar-refractivity contribution is 7.99. The molecule has 0 radical (unpaired) electrons. The van der Waals surface area contributed by atoms with Crippen LogP contribution in [0.25, 0.3) is 5.57 Å². The second-order valence-corrected chi connectivity index (χ2v) is 8.44. The van der Waals surface area contributed by atoms with Gasteiger partial charge in [-0.15, -0.1) is 0 Å². The van der Waals surface area contributed by atoms with E-state index in [1.807, 2.05) is 24.3 Å². The molecule has 0 unspecified atom stereocenters. The van der Waals surface area contributed by atoms with Crippen LogP contribution in [0.2, 0.25) is 0 Å². The highest BCUT2D eigenvalue weighted by Gasteiger charge is 2.32. The summed E-state index contributed by atoms with van der Waals surface area (Å²) in [5, 5.41) is 0. The third-order valence-electron chi connectivity index (χ3n) is 5.38. The lowest BCUT2D eigenvalue weighted by molar-refractivity contribution is -0.137. The largest absolute Gasteiger partial charge is 0.416 e. The van der Waals surface area contributed by atoms with Crippen molar-refractivity contribution in [1.29, 1.82) is 0 Å². The van der Waals surface area contributed by atoms with E-state index in [1.165, 1.54) is 12.1 Å². The molecule has 2 aromatic rings. The van der Waals surface area contributed by atoms with E-state index in [0.29, 0.717) is 5.56 Å². The smallest absolute Gasteiger partial charge is 0.304 e. The van der Waals surface area contributed by atoms with E-state index >= 15 is 0 Å². The number of halogens is 3. The van der Waals surface area contributed by atoms with Gasteiger partial charge in [0.1, 0.15) is 0 Å². The summed E-state index contributed by atoms with van der Waals surface area (Å²) in [6.45, 7) is 5.14. The Morgan fingerprint density at radius 2 is 1.68 bits per heavy atom. The van der Waals surface area contributed by atoms with Crippen LogP contribution in [0.1, 0.15) is 23.1 Å². The summed E-state index contributed by atoms with van der Waals surface area (Å²) >= 11 is 1.54. The first-order valence-corrected chi connectivity index (χ1v) is 10.3. The minimum Gasteiger partial charge on any atom is -0.304 e. The number of alkyl halides is 3. The average molecular weight is 405 g/mol. The van der Waals surface area contributed by atoms with E-state index in [9.17, 15) is 13.2 Å². The Labute approximate surface area is 168 Å². The normalized spacial score (nSPS) is 19.5. The van der Waals surface area contributed by atoms with E-state index in [-0.39, 0.29) is 0 Å². The molecule has 6 heteroatoms. The van der Waals surface area contributed by atoms with Gasteiger partial charge in [-0.25, -0.2) is 0 Å². The maximum absolute atomic E-state index is 13.3. The molecule has 2 aliphatic rings. The molecule has 0 N–H and O–H groups in total. The quantitative estimate of drug-likeness (QED) is 0.590. The van der Waals surface area contributed by atoms with Crippen molar-refractivity contribution >= 4 is 17.3 Å². The van der Waals surface area contributed by atoms with Crippen molar-refractivity contribution < 1.29 is 13.2 Å². The molecule has 1 saturated heterocycles. The lowest BCUT2D eigenvalue weighted by atomic mass is 9.94. The second kappa shape index (κ2) is 7.93. The van der Waals surface area contributed by atoms with Gasteiger partial charge in [-0.2, -0.15) is 13.2 Å². The second-order valence-electron chi connectivity index (χ2n) is 7.36. The van der Waals surface area contributed by atoms with E-state index < -0.39 is 11.7 Å². The Hall–Kier alpha value is -1.76. The number of benzene rings is 2. The molecular formula is C22H23F3N2S. The minimum atomic E-state index is -4.33. The summed E-state index contributed by atoms with van der Waals surface area (Å²) in [5.74, 6) is 0. The van der Waals surface area contributed by atoms with Crippen LogP contribution in [0.15, 0.2) is 58.3 Å². The summed E-state index contributed by atoms with van der Waals surface area (Å²) in [6.07, 6.45) is -1.38. The fourth-order valence-electron chi connectivity index (χ4n) is 3.73. The first-order valence-electron chi connectivity index (χ1n) is 9.52. The lowest BCUT2D eigenvalue weighted by Crippen LogP contribution is -2.44. The SMILES string of the molecule is CN1CCN(CC/C=C2\c3ccccc3Sc3ccc(C(F)(F)F)cc32)CC1. The Morgan fingerprint density at radius 1 is 0.964 bits per heavy atom. The number of hydrogen-bond acceptors (Lipinski definition) is 3. The zero-order valence-electron chi connectivity index (χ0n) is 15.8. The molecule has 148 valence electrons. The molecule has 0 aromatic heterocycles. The third kappa shape index (κ3) is 4.14. The summed E-state index contributed by atoms with van der Waals surface area (Å²) in [5.41, 5.74) is 2.05. The van der Waals surface area contributed by atoms with Crippen LogP contribution in [0.5, 0.6) is 0 Å². The van der Waals surface area contributed by atoms with E-state index in [4.69, 9.17) is 0 Å². The number of likely N-dealkylation sites (N-methyl/N-ethyl adjacent to an activating group) is 1. The van der Waals surface area contributed by atoms with Crippen LogP contribution in [0, 0.1) is 0 Å². The molecule has 1 fully saturated rings. The topological polar surface area (TPSA) is 6.48 Å². The Bertz CT molecular complexity index is 884. The minimum absolute atomic E-state index is 0.587. The highest BCUT2D eigenvalue weighted by atomic mass is 32.2. The van der Waals surface area contributed by atoms with Gasteiger partial charge in [0, 0.05) is 42.5 Å². The van der Waals surface area contributed by atoms with E-state index in [0.717, 1.165) is 60.1 Å². The fourth-order valence-corrected chi connectivity index (χ4v) is 4.82. The van der Waals surface area contributed by atoms with Crippen molar-refractivity contribution in [2.24, 2.45) is 0 Å². The van der Waals surface area contributed by atoms with E-state index in [1.54, 1.807) is 17.8 Å². The zero-order valence-corrected chi connectivity index (χ0v) is 16.6. The Balaban J connectivity index is 1.63. The molecule has 0 bridgehead atoms. The summed E-state index contributed by atoms with van der Waals surface area (Å²) in [4.78, 5) is 6.73. The van der Waals surface area contributed by atoms with Gasteiger partial charge in [-0.3, -0.25) is 0 Å². The van der Waals surface area contributed by atoms with Crippen molar-refractivity contribution in [3.8, 4) is 0 Å². The van der Waals surface area contributed by atoms with Crippen molar-refractivity contribution in [2.75, 3.05) is 39.8 Å². The van der Waals surface area contributed by atoms with Crippen molar-refractivity contribution in [3.63, 3.8) is 0 Å². The number of fused-ring (bicyclic) bond motifs is 2. The van der Waals surface area contributed by atoms with Crippen molar-refractivity contribution in [1.82, 2.24) is 9.80 Å². The molecule has 0 aliphatic carbocycles. The Kier molecular flexibility index (Phi) is 5.54. The molecule has 2 aliphatic heterocycles. The molecule has 2 nitrogen and oxygen atoms in total. The van der Waals surface area contributed by atoms with Crippen molar-refractivity contribution in [3.05, 3.63) is 65.2 Å². The third-order valence-corrected chi connectivity index (χ3v) is 6.54. The molecule has 2 aromatic carbocycles. The highest BCUT2D eigenvalue weighted by Crippen LogP contribution is 2.47. The summed E-state index contributed by atoms with van der Waals surface area (Å²) in [7, 11) is 2.13. The molecule has 28 heavy (non-hydrogen) atoms. The van der Waals surface area contributed by atoms with Gasteiger partial charge in [0.25, 0.3) is 0 Å². The van der Waals surface area contributed by atoms with Gasteiger partial charge in [-0.05, 0) is 54.4 Å². The molecule has 0 saturated carbocycles. The van der Waals surface area contributed by atoms with Gasteiger partial charge < -0.3 is 9.80 Å². The van der Waals surface area contributed by atoms with Gasteiger partial charge in [0.2, 0.25) is 0 Å². The van der Waals surface area contributed by atoms with Crippen molar-refractivity contribution in [2.45, 2.75) is 22.4 Å². The Morgan fingerprint density at radius 3 is 2.43 bits per heavy atom. The zero-order chi connectivity index (χ0) is 19.7. The molecular weight excluding hydrogens is 381 g/mol. The molecule has 4 rings (SSSR count). The maximum Gasteiger partial charge on any atom is 0.416 e. The van der Waals surface area contributed by atoms with E-state index in [2.05, 4.69) is 22.9 Å². The van der Waals surface area contributed by atoms with Gasteiger partial charge in [-0.1, -0.05) is 36.0 Å². The predicted molar refractivity (Wildman–Crippen MR) is 108 cm³/mol. The molecule has 0 spiro atoms. The van der Waals surface area contributed by atoms with Gasteiger partial charge in [0.15, 0.2) is 0 Å². The number of rotatable bonds is 3. The van der Waals surface area contributed by atoms with Crippen LogP contribution in [0.3, 0.4) is 0 Å². The van der Waals surface area contributed by atoms with Gasteiger partial charge >= 0.3 is 6.18 Å². The fraction of sp³-hybridized carbons (Fsp3) is 0.364. The lowest BCUT2D eigenvalue weighted by Gasteiger charge is -2.32. The van der Waals surface area contributed by atoms with Crippen LogP contribution in [-0.4, -0.2) is 49.6 Å². The van der Waals surface area contributed by atoms with Crippen LogP contribution in [-0.2, 0) is 6.18 Å². The average Bonchev–Trinajstić information content (AvgIpc) is 2.68. The molecule has 2 heterocycles.